The molecule has 1 aromatic carbocycles. The maximum atomic E-state index is 9.67. The molecule has 0 aliphatic rings. The summed E-state index contributed by atoms with van der Waals surface area (Å²) in [4.78, 5) is 0. The summed E-state index contributed by atoms with van der Waals surface area (Å²) in [7, 11) is -3.23. The van der Waals surface area contributed by atoms with Gasteiger partial charge < -0.3 is 4.70 Å². The molecule has 0 aliphatic carbocycles. The molecule has 0 amide bonds. The van der Waals surface area contributed by atoms with Gasteiger partial charge in [0.25, 0.3) is 0 Å². The maximum Gasteiger partial charge on any atom is 0.762 e. The van der Waals surface area contributed by atoms with Crippen LogP contribution in [0.2, 0.25) is 5.02 Å². The molecule has 1 aromatic rings. The van der Waals surface area contributed by atoms with Crippen LogP contribution in [-0.4, -0.2) is 20.1 Å². The van der Waals surface area contributed by atoms with Gasteiger partial charge in [-0.3, -0.25) is 12.9 Å². The van der Waals surface area contributed by atoms with E-state index in [1.54, 1.807) is 0 Å². The van der Waals surface area contributed by atoms with Crippen LogP contribution in [0.1, 0.15) is 5.56 Å². The quantitative estimate of drug-likeness (QED) is 0.421. The topological polar surface area (TPSA) is 0 Å². The van der Waals surface area contributed by atoms with Gasteiger partial charge in [-0.2, -0.15) is 0 Å². The zero-order valence-electron chi connectivity index (χ0n) is 8.89. The average molecular weight is 275 g/mol. The van der Waals surface area contributed by atoms with E-state index >= 15 is 0 Å². The molecule has 0 aliphatic heterocycles. The molecule has 92 valence electrons. The Hall–Kier alpha value is -0.355. The number of halogens is 5. The number of rotatable bonds is 2. The highest BCUT2D eigenvalue weighted by Crippen LogP contribution is 2.16. The fourth-order valence-electron chi connectivity index (χ4n) is 0.926. The zero-order valence-corrected chi connectivity index (χ0v) is 10.5. The third-order valence-corrected chi connectivity index (χ3v) is 2.66. The van der Waals surface area contributed by atoms with Gasteiger partial charge in [0.1, 0.15) is 5.75 Å². The van der Waals surface area contributed by atoms with Gasteiger partial charge in [-0.15, -0.1) is 0 Å². The Kier molecular flexibility index (Phi) is 11.1. The van der Waals surface area contributed by atoms with Gasteiger partial charge in [-0.1, -0.05) is 29.8 Å². The molecule has 0 unspecified atom stereocenters. The normalized spacial score (nSPS) is 8.94. The first-order valence-electron chi connectivity index (χ1n) is 4.13. The third-order valence-electron chi connectivity index (χ3n) is 1.40. The molecule has 7 heteroatoms. The van der Waals surface area contributed by atoms with Crippen molar-refractivity contribution >= 4 is 30.0 Å². The van der Waals surface area contributed by atoms with Crippen LogP contribution in [0.15, 0.2) is 24.3 Å². The molecule has 1 rings (SSSR count). The van der Waals surface area contributed by atoms with Crippen LogP contribution < -0.4 is 4.70 Å². The Morgan fingerprint density at radius 1 is 1.19 bits per heavy atom. The van der Waals surface area contributed by atoms with Crippen molar-refractivity contribution in [1.82, 2.24) is 0 Å². The largest absolute Gasteiger partial charge is 1.00 e. The minimum atomic E-state index is -3.67. The Bertz CT molecular complexity index is 283. The second kappa shape index (κ2) is 9.84. The lowest BCUT2D eigenvalue weighted by molar-refractivity contribution is -0.00000596. The van der Waals surface area contributed by atoms with Crippen LogP contribution >= 0.6 is 11.6 Å². The van der Waals surface area contributed by atoms with E-state index < -0.39 is 7.54 Å². The second-order valence-corrected chi connectivity index (χ2v) is 5.64. The highest BCUT2D eigenvalue weighted by atomic mass is 35.5. The molecular formula is C9H12BClF4S. The van der Waals surface area contributed by atoms with E-state index in [0.717, 1.165) is 10.8 Å². The predicted octanol–water partition coefficient (Wildman–Crippen LogP) is 0.602. The first-order chi connectivity index (χ1) is 6.93. The zero-order chi connectivity index (χ0) is 11.8. The molecule has 0 heterocycles. The second-order valence-electron chi connectivity index (χ2n) is 2.97. The summed E-state index contributed by atoms with van der Waals surface area (Å²) in [5, 5.41) is 0.897. The molecule has 16 heavy (non-hydrogen) atoms. The van der Waals surface area contributed by atoms with Crippen LogP contribution in [0.25, 0.3) is 0 Å². The highest BCUT2D eigenvalue weighted by Gasteiger charge is 2.07. The van der Waals surface area contributed by atoms with E-state index in [1.807, 2.05) is 18.2 Å². The van der Waals surface area contributed by atoms with Gasteiger partial charge in [0.15, 0.2) is 0 Å². The average Bonchev–Trinajstić information content (AvgIpc) is 2.07. The van der Waals surface area contributed by atoms with E-state index in [4.69, 9.17) is 11.6 Å². The molecule has 0 fully saturated rings. The number of hydrogen-bond donors (Lipinski definition) is 0. The number of benzene rings is 1. The van der Waals surface area contributed by atoms with Crippen molar-refractivity contribution in [2.45, 2.75) is 5.75 Å². The Morgan fingerprint density at radius 3 is 2.00 bits per heavy atom. The molecule has 0 nitrogen and oxygen atoms in total. The van der Waals surface area contributed by atoms with Gasteiger partial charge >= 0.3 is 7.54 Å². The summed E-state index contributed by atoms with van der Waals surface area (Å²) < 4.78 is 29.0. The van der Waals surface area contributed by atoms with Crippen LogP contribution in [0, 0.1) is 0 Å². The molecule has 0 atom stereocenters. The summed E-state index contributed by atoms with van der Waals surface area (Å²) in [6, 6.07) is 8.04. The van der Waals surface area contributed by atoms with Crippen LogP contribution in [0.3, 0.4) is 0 Å². The van der Waals surface area contributed by atoms with Gasteiger partial charge in [-0.05, 0) is 17.0 Å². The lowest BCUT2D eigenvalue weighted by Crippen LogP contribution is -3.00. The first kappa shape index (κ1) is 18.0. The van der Waals surface area contributed by atoms with Crippen molar-refractivity contribution in [3.05, 3.63) is 34.9 Å². The molecule has 0 bridgehead atoms. The standard InChI is InChI=1S/C9H12ClS.BF3.FH/c1-11(2)7-8-5-3-4-6-9(8)10;2-1(3)4;/h3-6H,7H2,1-2H3;;1H/q+1;;/p-1. The Balaban J connectivity index is 0. The van der Waals surface area contributed by atoms with Crippen LogP contribution in [0.4, 0.5) is 12.9 Å². The summed E-state index contributed by atoms with van der Waals surface area (Å²) in [5.41, 5.74) is 1.27. The van der Waals surface area contributed by atoms with Crippen molar-refractivity contribution in [2.24, 2.45) is 0 Å². The lowest BCUT2D eigenvalue weighted by Gasteiger charge is -1.99. The summed E-state index contributed by atoms with van der Waals surface area (Å²) in [6.45, 7) is 0. The van der Waals surface area contributed by atoms with Crippen LogP contribution in [-0.2, 0) is 16.6 Å². The molecular weight excluding hydrogens is 262 g/mol. The maximum absolute atomic E-state index is 9.67. The summed E-state index contributed by atoms with van der Waals surface area (Å²) in [6.07, 6.45) is 4.45. The fraction of sp³-hybridized carbons (Fsp3) is 0.333. The predicted molar refractivity (Wildman–Crippen MR) is 63.4 cm³/mol. The van der Waals surface area contributed by atoms with Crippen molar-refractivity contribution in [2.75, 3.05) is 12.5 Å². The van der Waals surface area contributed by atoms with Crippen molar-refractivity contribution in [3.8, 4) is 0 Å². The first-order valence-corrected chi connectivity index (χ1v) is 6.72. The van der Waals surface area contributed by atoms with Crippen LogP contribution in [0.5, 0.6) is 0 Å². The minimum Gasteiger partial charge on any atom is -1.00 e. The SMILES string of the molecule is C[S+](C)Cc1ccccc1Cl.FB(F)F.[F-]. The Morgan fingerprint density at radius 2 is 1.62 bits per heavy atom. The monoisotopic (exact) mass is 274 g/mol. The van der Waals surface area contributed by atoms with E-state index in [-0.39, 0.29) is 4.70 Å². The lowest BCUT2D eigenvalue weighted by atomic mass is 10.2. The van der Waals surface area contributed by atoms with Gasteiger partial charge in [0.2, 0.25) is 0 Å². The summed E-state index contributed by atoms with van der Waals surface area (Å²) >= 11 is 5.97. The molecule has 0 aromatic heterocycles. The summed E-state index contributed by atoms with van der Waals surface area (Å²) in [5.74, 6) is 1.10. The van der Waals surface area contributed by atoms with E-state index in [9.17, 15) is 12.9 Å². The van der Waals surface area contributed by atoms with E-state index in [2.05, 4.69) is 18.6 Å². The molecule has 0 spiro atoms. The molecule has 0 radical (unpaired) electrons. The minimum absolute atomic E-state index is 0. The van der Waals surface area contributed by atoms with Crippen molar-refractivity contribution in [3.63, 3.8) is 0 Å². The van der Waals surface area contributed by atoms with E-state index in [1.165, 1.54) is 5.56 Å². The number of hydrogen-bond acceptors (Lipinski definition) is 0. The molecule has 0 saturated carbocycles. The molecule has 0 saturated heterocycles. The van der Waals surface area contributed by atoms with Crippen molar-refractivity contribution < 1.29 is 17.7 Å². The van der Waals surface area contributed by atoms with Gasteiger partial charge in [0.05, 0.1) is 12.5 Å². The van der Waals surface area contributed by atoms with E-state index in [0.29, 0.717) is 10.9 Å². The van der Waals surface area contributed by atoms with Crippen molar-refractivity contribution in [1.29, 1.82) is 0 Å². The van der Waals surface area contributed by atoms with Gasteiger partial charge in [0, 0.05) is 10.6 Å². The highest BCUT2D eigenvalue weighted by molar-refractivity contribution is 7.94. The smallest absolute Gasteiger partial charge is 0.762 e. The third kappa shape index (κ3) is 10.2. The fourth-order valence-corrected chi connectivity index (χ4v) is 2.08. The van der Waals surface area contributed by atoms with Gasteiger partial charge in [-0.25, -0.2) is 0 Å². The molecule has 0 N–H and O–H groups in total. The Labute approximate surface area is 101 Å².